The summed E-state index contributed by atoms with van der Waals surface area (Å²) in [6.07, 6.45) is 8.80. The Bertz CT molecular complexity index is 1420. The Morgan fingerprint density at radius 2 is 1.95 bits per heavy atom. The largest absolute Gasteiger partial charge is 0.495 e. The Kier molecular flexibility index (Phi) is 8.21. The van der Waals surface area contributed by atoms with E-state index >= 15 is 0 Å². The molecule has 0 spiro atoms. The van der Waals surface area contributed by atoms with Crippen LogP contribution in [0.2, 0.25) is 5.02 Å². The second kappa shape index (κ2) is 12.1. The minimum Gasteiger partial charge on any atom is -0.495 e. The fourth-order valence-corrected chi connectivity index (χ4v) is 5.08. The third-order valence-electron chi connectivity index (χ3n) is 6.80. The van der Waals surface area contributed by atoms with Gasteiger partial charge in [-0.3, -0.25) is 14.6 Å². The van der Waals surface area contributed by atoms with Crippen molar-refractivity contribution >= 4 is 23.4 Å². The van der Waals surface area contributed by atoms with E-state index in [0.717, 1.165) is 36.8 Å². The smallest absolute Gasteiger partial charge is 0.287 e. The van der Waals surface area contributed by atoms with Gasteiger partial charge >= 0.3 is 0 Å². The molecule has 0 radical (unpaired) electrons. The Hall–Kier alpha value is -4.18. The van der Waals surface area contributed by atoms with Crippen molar-refractivity contribution in [1.82, 2.24) is 30.0 Å². The molecule has 0 unspecified atom stereocenters. The molecule has 5 rings (SSSR count). The van der Waals surface area contributed by atoms with Crippen LogP contribution in [0.5, 0.6) is 5.75 Å². The molecular weight excluding hydrogens is 520 g/mol. The number of pyridine rings is 1. The third-order valence-corrected chi connectivity index (χ3v) is 7.10. The van der Waals surface area contributed by atoms with Crippen LogP contribution in [0.3, 0.4) is 0 Å². The molecule has 1 aliphatic carbocycles. The minimum atomic E-state index is -0.420. The Morgan fingerprint density at radius 3 is 2.64 bits per heavy atom. The van der Waals surface area contributed by atoms with E-state index in [1.54, 1.807) is 48.5 Å². The molecule has 2 amide bonds. The number of benzene rings is 1. The van der Waals surface area contributed by atoms with Crippen LogP contribution < -0.4 is 10.1 Å². The van der Waals surface area contributed by atoms with Crippen LogP contribution >= 0.6 is 11.6 Å². The van der Waals surface area contributed by atoms with Crippen molar-refractivity contribution in [2.75, 3.05) is 20.2 Å². The van der Waals surface area contributed by atoms with Gasteiger partial charge in [-0.25, -0.2) is 9.67 Å². The first-order chi connectivity index (χ1) is 19.0. The van der Waals surface area contributed by atoms with Crippen LogP contribution in [0.15, 0.2) is 65.5 Å². The number of methoxy groups -OCH3 is 1. The number of amides is 2. The summed E-state index contributed by atoms with van der Waals surface area (Å²) in [4.78, 5) is 36.4. The number of carbonyl (C=O) groups excluding carboxylic acids is 2. The van der Waals surface area contributed by atoms with Gasteiger partial charge in [-0.1, -0.05) is 24.4 Å². The Labute approximate surface area is 231 Å². The molecule has 1 N–H and O–H groups in total. The highest BCUT2D eigenvalue weighted by atomic mass is 35.5. The number of halogens is 1. The molecule has 0 saturated heterocycles. The number of nitrogens with zero attached hydrogens (tertiary/aromatic N) is 5. The molecule has 11 heteroatoms. The van der Waals surface area contributed by atoms with E-state index in [1.165, 1.54) is 6.26 Å². The van der Waals surface area contributed by atoms with Crippen LogP contribution in [0.1, 0.15) is 36.2 Å². The number of carbonyl (C=O) groups is 2. The van der Waals surface area contributed by atoms with E-state index in [-0.39, 0.29) is 24.3 Å². The van der Waals surface area contributed by atoms with Crippen molar-refractivity contribution < 1.29 is 18.7 Å². The van der Waals surface area contributed by atoms with E-state index < -0.39 is 5.91 Å². The van der Waals surface area contributed by atoms with Gasteiger partial charge in [0.25, 0.3) is 5.91 Å². The molecule has 3 aromatic heterocycles. The highest BCUT2D eigenvalue weighted by molar-refractivity contribution is 6.32. The Balaban J connectivity index is 1.38. The lowest BCUT2D eigenvalue weighted by Gasteiger charge is -2.29. The summed E-state index contributed by atoms with van der Waals surface area (Å²) in [7, 11) is 1.57. The fourth-order valence-electron chi connectivity index (χ4n) is 4.82. The minimum absolute atomic E-state index is 0.111. The summed E-state index contributed by atoms with van der Waals surface area (Å²) >= 11 is 6.42. The molecule has 202 valence electrons. The summed E-state index contributed by atoms with van der Waals surface area (Å²) in [6.45, 7) is 0.707. The van der Waals surface area contributed by atoms with E-state index in [2.05, 4.69) is 10.3 Å². The molecule has 4 aromatic rings. The van der Waals surface area contributed by atoms with E-state index in [9.17, 15) is 9.59 Å². The molecule has 1 fully saturated rings. The van der Waals surface area contributed by atoms with Gasteiger partial charge in [0.15, 0.2) is 17.4 Å². The first-order valence-electron chi connectivity index (χ1n) is 12.8. The van der Waals surface area contributed by atoms with Crippen molar-refractivity contribution in [3.05, 3.63) is 71.9 Å². The van der Waals surface area contributed by atoms with Crippen molar-refractivity contribution in [2.24, 2.45) is 0 Å². The number of rotatable bonds is 10. The molecule has 0 aliphatic heterocycles. The maximum atomic E-state index is 13.3. The predicted octanol–water partition coefficient (Wildman–Crippen LogP) is 4.46. The fraction of sp³-hybridized carbons (Fsp3) is 0.321. The summed E-state index contributed by atoms with van der Waals surface area (Å²) in [5.74, 6) is 1.33. The molecule has 10 nitrogen and oxygen atoms in total. The van der Waals surface area contributed by atoms with Gasteiger partial charge in [0.2, 0.25) is 5.91 Å². The van der Waals surface area contributed by atoms with E-state index in [1.807, 2.05) is 23.1 Å². The maximum absolute atomic E-state index is 13.3. The third kappa shape index (κ3) is 6.12. The number of hydrogen-bond donors (Lipinski definition) is 1. The number of aromatic nitrogens is 4. The van der Waals surface area contributed by atoms with Crippen LogP contribution in [-0.4, -0.2) is 62.7 Å². The van der Waals surface area contributed by atoms with Gasteiger partial charge in [-0.15, -0.1) is 0 Å². The molecular formula is C28H29ClN6O4. The highest BCUT2D eigenvalue weighted by Gasteiger charge is 2.27. The maximum Gasteiger partial charge on any atom is 0.287 e. The van der Waals surface area contributed by atoms with Crippen molar-refractivity contribution in [3.8, 4) is 28.5 Å². The van der Waals surface area contributed by atoms with E-state index in [0.29, 0.717) is 35.5 Å². The van der Waals surface area contributed by atoms with Crippen molar-refractivity contribution in [3.63, 3.8) is 0 Å². The zero-order valence-electron chi connectivity index (χ0n) is 21.5. The number of hydrogen-bond acceptors (Lipinski definition) is 7. The molecule has 39 heavy (non-hydrogen) atoms. The summed E-state index contributed by atoms with van der Waals surface area (Å²) in [5.41, 5.74) is 1.60. The van der Waals surface area contributed by atoms with Gasteiger partial charge in [-0.05, 0) is 55.3 Å². The number of furan rings is 1. The quantitative estimate of drug-likeness (QED) is 0.311. The summed E-state index contributed by atoms with van der Waals surface area (Å²) < 4.78 is 12.2. The van der Waals surface area contributed by atoms with Crippen LogP contribution in [-0.2, 0) is 11.3 Å². The lowest BCUT2D eigenvalue weighted by molar-refractivity contribution is -0.132. The number of ether oxygens (including phenoxy) is 1. The predicted molar refractivity (Wildman–Crippen MR) is 145 cm³/mol. The van der Waals surface area contributed by atoms with Gasteiger partial charge in [0.1, 0.15) is 5.75 Å². The molecule has 1 aliphatic rings. The zero-order chi connectivity index (χ0) is 27.2. The van der Waals surface area contributed by atoms with Gasteiger partial charge in [0.05, 0.1) is 31.5 Å². The normalized spacial score (nSPS) is 13.4. The standard InChI is InChI=1S/C28H29ClN6O4/c1-38-23-9-8-20(17-22(23)29)27-32-26(19-10-12-30-13-11-19)33-35(27)15-14-34(21-5-2-3-6-21)25(36)18-31-28(37)24-7-4-16-39-24/h4,7-13,16-17,21H,2-3,5-6,14-15,18H2,1H3,(H,31,37). The van der Waals surface area contributed by atoms with Crippen LogP contribution in [0, 0.1) is 0 Å². The summed E-state index contributed by atoms with van der Waals surface area (Å²) in [6, 6.07) is 12.5. The molecule has 1 aromatic carbocycles. The first-order valence-corrected chi connectivity index (χ1v) is 13.2. The lowest BCUT2D eigenvalue weighted by atomic mass is 10.2. The molecule has 3 heterocycles. The SMILES string of the molecule is COc1ccc(-c2nc(-c3ccncc3)nn2CCN(C(=O)CNC(=O)c2ccco2)C2CCCC2)cc1Cl. The number of nitrogens with one attached hydrogen (secondary N) is 1. The van der Waals surface area contributed by atoms with Crippen molar-refractivity contribution in [1.29, 1.82) is 0 Å². The van der Waals surface area contributed by atoms with E-state index in [4.69, 9.17) is 30.8 Å². The van der Waals surface area contributed by atoms with Crippen LogP contribution in [0.25, 0.3) is 22.8 Å². The molecule has 0 bridgehead atoms. The second-order valence-corrected chi connectivity index (χ2v) is 9.66. The van der Waals surface area contributed by atoms with Gasteiger partial charge in [-0.2, -0.15) is 5.10 Å². The highest BCUT2D eigenvalue weighted by Crippen LogP contribution is 2.31. The monoisotopic (exact) mass is 548 g/mol. The summed E-state index contributed by atoms with van der Waals surface area (Å²) in [5, 5.41) is 7.92. The topological polar surface area (TPSA) is 115 Å². The van der Waals surface area contributed by atoms with Gasteiger partial charge in [0, 0.05) is 36.1 Å². The van der Waals surface area contributed by atoms with Gasteiger partial charge < -0.3 is 19.4 Å². The van der Waals surface area contributed by atoms with Crippen LogP contribution in [0.4, 0.5) is 0 Å². The average Bonchev–Trinajstić information content (AvgIpc) is 3.75. The average molecular weight is 549 g/mol. The molecule has 0 atom stereocenters. The molecule has 1 saturated carbocycles. The van der Waals surface area contributed by atoms with Crippen molar-refractivity contribution in [2.45, 2.75) is 38.3 Å². The Morgan fingerprint density at radius 1 is 1.15 bits per heavy atom. The first kappa shape index (κ1) is 26.4. The lowest BCUT2D eigenvalue weighted by Crippen LogP contribution is -2.46. The second-order valence-electron chi connectivity index (χ2n) is 9.25. The zero-order valence-corrected chi connectivity index (χ0v) is 22.3.